The van der Waals surface area contributed by atoms with E-state index in [1.165, 1.54) is 58.2 Å². The fourth-order valence-electron chi connectivity index (χ4n) is 3.86. The first-order valence-electron chi connectivity index (χ1n) is 10.6. The van der Waals surface area contributed by atoms with Crippen LogP contribution in [-0.4, -0.2) is 74.0 Å². The summed E-state index contributed by atoms with van der Waals surface area (Å²) in [5, 5.41) is 6.89. The summed E-state index contributed by atoms with van der Waals surface area (Å²) in [5.41, 5.74) is 0. The number of likely N-dealkylation sites (tertiary alicyclic amines) is 2. The third-order valence-corrected chi connectivity index (χ3v) is 5.45. The molecule has 158 valence electrons. The molecule has 2 rings (SSSR count). The molecule has 0 bridgehead atoms. The van der Waals surface area contributed by atoms with Crippen molar-refractivity contribution in [2.45, 2.75) is 64.8 Å². The van der Waals surface area contributed by atoms with Crippen LogP contribution in [0.5, 0.6) is 0 Å². The molecule has 0 radical (unpaired) electrons. The molecular weight excluding hydrogens is 453 g/mol. The van der Waals surface area contributed by atoms with Crippen LogP contribution >= 0.6 is 24.0 Å². The lowest BCUT2D eigenvalue weighted by Crippen LogP contribution is -2.45. The third kappa shape index (κ3) is 8.98. The van der Waals surface area contributed by atoms with Gasteiger partial charge in [-0.25, -0.2) is 0 Å². The molecule has 0 aromatic carbocycles. The van der Waals surface area contributed by atoms with Crippen molar-refractivity contribution < 1.29 is 4.79 Å². The lowest BCUT2D eigenvalue weighted by molar-refractivity contribution is -0.133. The second-order valence-corrected chi connectivity index (χ2v) is 8.03. The molecule has 1 unspecified atom stereocenters. The van der Waals surface area contributed by atoms with Crippen LogP contribution < -0.4 is 10.6 Å². The average Bonchev–Trinajstić information content (AvgIpc) is 3.12. The topological polar surface area (TPSA) is 60.0 Å². The van der Waals surface area contributed by atoms with Crippen LogP contribution in [-0.2, 0) is 4.79 Å². The van der Waals surface area contributed by atoms with E-state index in [0.717, 1.165) is 32.0 Å². The number of guanidine groups is 1. The fraction of sp³-hybridized carbons (Fsp3) is 0.900. The summed E-state index contributed by atoms with van der Waals surface area (Å²) < 4.78 is 0. The van der Waals surface area contributed by atoms with Crippen molar-refractivity contribution in [3.63, 3.8) is 0 Å². The second-order valence-electron chi connectivity index (χ2n) is 8.03. The molecule has 6 nitrogen and oxygen atoms in total. The molecule has 7 heteroatoms. The molecule has 1 atom stereocenters. The summed E-state index contributed by atoms with van der Waals surface area (Å²) in [6.07, 6.45) is 8.90. The highest BCUT2D eigenvalue weighted by Gasteiger charge is 2.27. The highest BCUT2D eigenvalue weighted by atomic mass is 127. The summed E-state index contributed by atoms with van der Waals surface area (Å²) in [7, 11) is 1.82. The molecular formula is C20H40IN5O. The van der Waals surface area contributed by atoms with Crippen molar-refractivity contribution in [3.05, 3.63) is 0 Å². The monoisotopic (exact) mass is 493 g/mol. The van der Waals surface area contributed by atoms with E-state index in [4.69, 9.17) is 0 Å². The normalized spacial score (nSPS) is 21.3. The Labute approximate surface area is 182 Å². The number of amides is 1. The first kappa shape index (κ1) is 24.5. The standard InChI is InChI=1S/C20H39N5O.HI/c1-17(2)19(26)25-15-10-18(16-25)23-20(21-3)22-11-6-4-7-12-24-13-8-5-9-14-24;/h17-18H,4-16H2,1-3H3,(H2,21,22,23);1H. The number of rotatable bonds is 8. The van der Waals surface area contributed by atoms with E-state index in [1.807, 2.05) is 25.8 Å². The van der Waals surface area contributed by atoms with Crippen LogP contribution in [0.1, 0.15) is 58.8 Å². The molecule has 2 aliphatic rings. The predicted molar refractivity (Wildman–Crippen MR) is 124 cm³/mol. The molecule has 27 heavy (non-hydrogen) atoms. The maximum Gasteiger partial charge on any atom is 0.225 e. The summed E-state index contributed by atoms with van der Waals surface area (Å²) in [5.74, 6) is 1.20. The Balaban J connectivity index is 0.00000364. The van der Waals surface area contributed by atoms with Crippen LogP contribution in [0.15, 0.2) is 4.99 Å². The molecule has 2 aliphatic heterocycles. The number of hydrogen-bond donors (Lipinski definition) is 2. The number of hydrogen-bond acceptors (Lipinski definition) is 3. The van der Waals surface area contributed by atoms with Gasteiger partial charge in [0.25, 0.3) is 0 Å². The van der Waals surface area contributed by atoms with Crippen LogP contribution in [0.25, 0.3) is 0 Å². The van der Waals surface area contributed by atoms with Gasteiger partial charge in [0.05, 0.1) is 0 Å². The van der Waals surface area contributed by atoms with Crippen LogP contribution in [0.4, 0.5) is 0 Å². The minimum atomic E-state index is 0. The number of carbonyl (C=O) groups is 1. The van der Waals surface area contributed by atoms with E-state index in [1.54, 1.807) is 0 Å². The van der Waals surface area contributed by atoms with Gasteiger partial charge in [-0.2, -0.15) is 0 Å². The number of carbonyl (C=O) groups excluding carboxylic acids is 1. The largest absolute Gasteiger partial charge is 0.356 e. The fourth-order valence-corrected chi connectivity index (χ4v) is 3.86. The summed E-state index contributed by atoms with van der Waals surface area (Å²) >= 11 is 0. The van der Waals surface area contributed by atoms with Gasteiger partial charge in [-0.15, -0.1) is 24.0 Å². The summed E-state index contributed by atoms with van der Waals surface area (Å²) in [4.78, 5) is 21.0. The Kier molecular flexibility index (Phi) is 12.3. The quantitative estimate of drug-likeness (QED) is 0.236. The van der Waals surface area contributed by atoms with Crippen molar-refractivity contribution in [1.29, 1.82) is 0 Å². The van der Waals surface area contributed by atoms with E-state index < -0.39 is 0 Å². The van der Waals surface area contributed by atoms with Gasteiger partial charge in [0.1, 0.15) is 0 Å². The number of unbranched alkanes of at least 4 members (excludes halogenated alkanes) is 2. The highest BCUT2D eigenvalue weighted by Crippen LogP contribution is 2.13. The van der Waals surface area contributed by atoms with Gasteiger partial charge in [-0.1, -0.05) is 26.7 Å². The van der Waals surface area contributed by atoms with Gasteiger partial charge < -0.3 is 20.4 Å². The van der Waals surface area contributed by atoms with Crippen molar-refractivity contribution in [2.24, 2.45) is 10.9 Å². The minimum absolute atomic E-state index is 0. The highest BCUT2D eigenvalue weighted by molar-refractivity contribution is 14.0. The second kappa shape index (κ2) is 13.6. The Hall–Kier alpha value is -0.570. The van der Waals surface area contributed by atoms with E-state index >= 15 is 0 Å². The molecule has 2 saturated heterocycles. The Morgan fingerprint density at radius 1 is 1.11 bits per heavy atom. The van der Waals surface area contributed by atoms with Crippen LogP contribution in [0, 0.1) is 5.92 Å². The predicted octanol–water partition coefficient (Wildman–Crippen LogP) is 2.68. The van der Waals surface area contributed by atoms with E-state index in [2.05, 4.69) is 20.5 Å². The lowest BCUT2D eigenvalue weighted by Gasteiger charge is -2.26. The van der Waals surface area contributed by atoms with Crippen LogP contribution in [0.3, 0.4) is 0 Å². The van der Waals surface area contributed by atoms with Gasteiger partial charge >= 0.3 is 0 Å². The summed E-state index contributed by atoms with van der Waals surface area (Å²) in [6.45, 7) is 10.4. The average molecular weight is 493 g/mol. The number of nitrogens with zero attached hydrogens (tertiary/aromatic N) is 3. The lowest BCUT2D eigenvalue weighted by atomic mass is 10.1. The maximum absolute atomic E-state index is 12.1. The van der Waals surface area contributed by atoms with Crippen molar-refractivity contribution in [3.8, 4) is 0 Å². The molecule has 0 spiro atoms. The molecule has 2 heterocycles. The first-order valence-corrected chi connectivity index (χ1v) is 10.6. The van der Waals surface area contributed by atoms with Crippen LogP contribution in [0.2, 0.25) is 0 Å². The molecule has 2 fully saturated rings. The number of aliphatic imine (C=N–C) groups is 1. The molecule has 0 aromatic rings. The smallest absolute Gasteiger partial charge is 0.225 e. The zero-order valence-corrected chi connectivity index (χ0v) is 19.8. The minimum Gasteiger partial charge on any atom is -0.356 e. The molecule has 0 aliphatic carbocycles. The zero-order chi connectivity index (χ0) is 18.8. The molecule has 2 N–H and O–H groups in total. The van der Waals surface area contributed by atoms with Crippen molar-refractivity contribution >= 4 is 35.8 Å². The van der Waals surface area contributed by atoms with E-state index in [9.17, 15) is 4.79 Å². The number of nitrogens with one attached hydrogen (secondary N) is 2. The Morgan fingerprint density at radius 2 is 1.85 bits per heavy atom. The van der Waals surface area contributed by atoms with Gasteiger partial charge in [-0.05, 0) is 51.7 Å². The summed E-state index contributed by atoms with van der Waals surface area (Å²) in [6, 6.07) is 0.308. The molecule has 1 amide bonds. The molecule has 0 aromatic heterocycles. The SMILES string of the molecule is CN=C(NCCCCCN1CCCCC1)NC1CCN(C(=O)C(C)C)C1.I. The van der Waals surface area contributed by atoms with Crippen molar-refractivity contribution in [2.75, 3.05) is 46.3 Å². The zero-order valence-electron chi connectivity index (χ0n) is 17.5. The van der Waals surface area contributed by atoms with Gasteiger partial charge in [0.2, 0.25) is 5.91 Å². The number of piperidine rings is 1. The molecule has 0 saturated carbocycles. The third-order valence-electron chi connectivity index (χ3n) is 5.45. The van der Waals surface area contributed by atoms with Crippen molar-refractivity contribution in [1.82, 2.24) is 20.4 Å². The van der Waals surface area contributed by atoms with Gasteiger partial charge in [0.15, 0.2) is 5.96 Å². The number of halogens is 1. The van der Waals surface area contributed by atoms with E-state index in [-0.39, 0.29) is 35.8 Å². The Morgan fingerprint density at radius 3 is 2.52 bits per heavy atom. The maximum atomic E-state index is 12.1. The first-order chi connectivity index (χ1) is 12.6. The van der Waals surface area contributed by atoms with E-state index in [0.29, 0.717) is 6.04 Å². The Bertz CT molecular complexity index is 452. The van der Waals surface area contributed by atoms with Gasteiger partial charge in [0, 0.05) is 38.6 Å². The van der Waals surface area contributed by atoms with Gasteiger partial charge in [-0.3, -0.25) is 9.79 Å².